The molecule has 1 atom stereocenters. The van der Waals surface area contributed by atoms with E-state index in [-0.39, 0.29) is 30.1 Å². The Morgan fingerprint density at radius 3 is 1.73 bits per heavy atom. The molecule has 0 aliphatic carbocycles. The van der Waals surface area contributed by atoms with Gasteiger partial charge < -0.3 is 29.1 Å². The fourth-order valence-electron chi connectivity index (χ4n) is 1.12. The molecule has 0 radical (unpaired) electrons. The van der Waals surface area contributed by atoms with Gasteiger partial charge in [0.15, 0.2) is 0 Å². The minimum atomic E-state index is -0.737. The van der Waals surface area contributed by atoms with E-state index in [0.717, 1.165) is 6.16 Å². The first-order valence-corrected chi connectivity index (χ1v) is 6.85. The molecule has 0 aliphatic heterocycles. The average Bonchev–Trinajstić information content (AvgIpc) is 1.87. The lowest BCUT2D eigenvalue weighted by Crippen LogP contribution is -3.00. The fourth-order valence-corrected chi connectivity index (χ4v) is 3.36. The van der Waals surface area contributed by atoms with Crippen LogP contribution < -0.4 is 24.0 Å². The van der Waals surface area contributed by atoms with E-state index < -0.39 is 7.26 Å². The van der Waals surface area contributed by atoms with E-state index in [1.165, 1.54) is 12.3 Å². The topological polar surface area (TPSA) is 20.2 Å². The predicted octanol–water partition coefficient (Wildman–Crippen LogP) is -0.942. The molecular weight excluding hydrogens is 270 g/mol. The van der Waals surface area contributed by atoms with Crippen molar-refractivity contribution in [3.8, 4) is 0 Å². The largest absolute Gasteiger partial charge is 1.00 e. The normalized spacial score (nSPS) is 13.9. The van der Waals surface area contributed by atoms with Gasteiger partial charge in [0, 0.05) is 13.9 Å². The molecular formula is C8H20IOP. The molecule has 0 aromatic heterocycles. The van der Waals surface area contributed by atoms with Gasteiger partial charge in [-0.3, -0.25) is 0 Å². The Balaban J connectivity index is 0. The van der Waals surface area contributed by atoms with Crippen molar-refractivity contribution < 1.29 is 29.1 Å². The monoisotopic (exact) mass is 290 g/mol. The van der Waals surface area contributed by atoms with Gasteiger partial charge in [0.05, 0.1) is 24.6 Å². The van der Waals surface area contributed by atoms with Gasteiger partial charge in [-0.05, 0) is 20.8 Å². The first-order valence-electron chi connectivity index (χ1n) is 4.05. The molecule has 0 saturated carbocycles. The zero-order valence-electron chi connectivity index (χ0n) is 7.97. The average molecular weight is 290 g/mol. The van der Waals surface area contributed by atoms with Gasteiger partial charge in [0.2, 0.25) is 0 Å². The van der Waals surface area contributed by atoms with Crippen LogP contribution in [0.25, 0.3) is 0 Å². The van der Waals surface area contributed by atoms with Crippen molar-refractivity contribution in [2.45, 2.75) is 26.9 Å². The second-order valence-electron chi connectivity index (χ2n) is 3.28. The molecule has 0 heterocycles. The summed E-state index contributed by atoms with van der Waals surface area (Å²) >= 11 is 0. The summed E-state index contributed by atoms with van der Waals surface area (Å²) in [6, 6.07) is 0. The summed E-state index contributed by atoms with van der Waals surface area (Å²) in [7, 11) is -0.737. The molecule has 11 heavy (non-hydrogen) atoms. The number of aliphatic hydroxyl groups is 1. The minimum absolute atomic E-state index is 0. The van der Waals surface area contributed by atoms with E-state index in [1.54, 1.807) is 0 Å². The van der Waals surface area contributed by atoms with Crippen LogP contribution in [0.5, 0.6) is 0 Å². The predicted molar refractivity (Wildman–Crippen MR) is 50.5 cm³/mol. The van der Waals surface area contributed by atoms with Gasteiger partial charge in [0.1, 0.15) is 0 Å². The Morgan fingerprint density at radius 2 is 1.64 bits per heavy atom. The standard InChI is InChI=1S/C8H20OP.HI/c1-5-10(4,6-2)7-8(3)9;/h8-9H,5-7H2,1-4H3;1H/q+1;/p-1. The van der Waals surface area contributed by atoms with Crippen LogP contribution in [0, 0.1) is 0 Å². The number of rotatable bonds is 4. The van der Waals surface area contributed by atoms with Gasteiger partial charge in [-0.15, -0.1) is 0 Å². The van der Waals surface area contributed by atoms with Gasteiger partial charge in [-0.2, -0.15) is 0 Å². The summed E-state index contributed by atoms with van der Waals surface area (Å²) < 4.78 is 0. The molecule has 0 saturated heterocycles. The first kappa shape index (κ1) is 14.6. The maximum absolute atomic E-state index is 9.18. The Morgan fingerprint density at radius 1 is 1.27 bits per heavy atom. The Kier molecular flexibility index (Phi) is 8.80. The number of aliphatic hydroxyl groups excluding tert-OH is 1. The summed E-state index contributed by atoms with van der Waals surface area (Å²) in [6.07, 6.45) is 3.49. The van der Waals surface area contributed by atoms with Crippen LogP contribution in [0.1, 0.15) is 20.8 Å². The van der Waals surface area contributed by atoms with E-state index in [1.807, 2.05) is 6.92 Å². The number of halogens is 1. The maximum Gasteiger partial charge on any atom is 0.0848 e. The summed E-state index contributed by atoms with van der Waals surface area (Å²) in [5.74, 6) is 0. The van der Waals surface area contributed by atoms with E-state index in [9.17, 15) is 5.11 Å². The van der Waals surface area contributed by atoms with Gasteiger partial charge in [0.25, 0.3) is 0 Å². The second-order valence-corrected chi connectivity index (χ2v) is 8.15. The maximum atomic E-state index is 9.18. The molecule has 70 valence electrons. The second kappa shape index (κ2) is 6.62. The molecule has 0 amide bonds. The highest BCUT2D eigenvalue weighted by Gasteiger charge is 2.28. The van der Waals surface area contributed by atoms with Gasteiger partial charge >= 0.3 is 0 Å². The van der Waals surface area contributed by atoms with Crippen molar-refractivity contribution >= 4 is 7.26 Å². The third kappa shape index (κ3) is 6.30. The first-order chi connectivity index (χ1) is 4.54. The molecule has 0 fully saturated rings. The third-order valence-electron chi connectivity index (χ3n) is 2.23. The van der Waals surface area contributed by atoms with Crippen LogP contribution in [-0.2, 0) is 0 Å². The Hall–Kier alpha value is 1.12. The van der Waals surface area contributed by atoms with Crippen LogP contribution in [0.4, 0.5) is 0 Å². The highest BCUT2D eigenvalue weighted by atomic mass is 127. The minimum Gasteiger partial charge on any atom is -1.00 e. The lowest BCUT2D eigenvalue weighted by atomic mass is 10.5. The van der Waals surface area contributed by atoms with Crippen molar-refractivity contribution in [1.82, 2.24) is 0 Å². The molecule has 0 rings (SSSR count). The van der Waals surface area contributed by atoms with Crippen LogP contribution in [-0.4, -0.2) is 36.4 Å². The SMILES string of the molecule is CC[P+](C)(CC)CC(C)O.[I-]. The van der Waals surface area contributed by atoms with Crippen LogP contribution in [0.3, 0.4) is 0 Å². The quantitative estimate of drug-likeness (QED) is 0.523. The Labute approximate surface area is 88.3 Å². The van der Waals surface area contributed by atoms with Crippen molar-refractivity contribution in [2.75, 3.05) is 25.2 Å². The van der Waals surface area contributed by atoms with E-state index in [4.69, 9.17) is 0 Å². The lowest BCUT2D eigenvalue weighted by molar-refractivity contribution is -0.00000478. The molecule has 1 N–H and O–H groups in total. The van der Waals surface area contributed by atoms with E-state index >= 15 is 0 Å². The van der Waals surface area contributed by atoms with Crippen molar-refractivity contribution in [3.05, 3.63) is 0 Å². The smallest absolute Gasteiger partial charge is 0.0848 e. The van der Waals surface area contributed by atoms with Gasteiger partial charge in [-0.1, -0.05) is 0 Å². The fraction of sp³-hybridized carbons (Fsp3) is 1.00. The summed E-state index contributed by atoms with van der Waals surface area (Å²) in [5, 5.41) is 9.18. The highest BCUT2D eigenvalue weighted by Crippen LogP contribution is 2.54. The number of hydrogen-bond acceptors (Lipinski definition) is 1. The van der Waals surface area contributed by atoms with Gasteiger partial charge in [-0.25, -0.2) is 0 Å². The highest BCUT2D eigenvalue weighted by molar-refractivity contribution is 7.75. The van der Waals surface area contributed by atoms with Crippen molar-refractivity contribution in [1.29, 1.82) is 0 Å². The summed E-state index contributed by atoms with van der Waals surface area (Å²) in [6.45, 7) is 8.71. The van der Waals surface area contributed by atoms with E-state index in [0.29, 0.717) is 0 Å². The summed E-state index contributed by atoms with van der Waals surface area (Å²) in [4.78, 5) is 0. The zero-order valence-corrected chi connectivity index (χ0v) is 11.0. The van der Waals surface area contributed by atoms with E-state index in [2.05, 4.69) is 20.5 Å². The Bertz CT molecular complexity index is 92.1. The lowest BCUT2D eigenvalue weighted by Gasteiger charge is -2.20. The molecule has 3 heteroatoms. The van der Waals surface area contributed by atoms with Crippen LogP contribution in [0.2, 0.25) is 0 Å². The molecule has 1 nitrogen and oxygen atoms in total. The van der Waals surface area contributed by atoms with Crippen molar-refractivity contribution in [3.63, 3.8) is 0 Å². The zero-order chi connectivity index (χ0) is 8.20. The van der Waals surface area contributed by atoms with Crippen LogP contribution in [0.15, 0.2) is 0 Å². The summed E-state index contributed by atoms with van der Waals surface area (Å²) in [5.41, 5.74) is 0. The molecule has 0 spiro atoms. The molecule has 0 aliphatic rings. The molecule has 0 aromatic carbocycles. The number of hydrogen-bond donors (Lipinski definition) is 1. The molecule has 0 aromatic rings. The van der Waals surface area contributed by atoms with Crippen LogP contribution >= 0.6 is 7.26 Å². The third-order valence-corrected chi connectivity index (χ3v) is 6.70. The molecule has 1 unspecified atom stereocenters. The molecule has 0 bridgehead atoms. The van der Waals surface area contributed by atoms with Crippen molar-refractivity contribution in [2.24, 2.45) is 0 Å².